The SMILES string of the molecule is CC(C)(C)OC(=O)/C=C/C12C3C4C5C3C1C5C42. The average molecular weight is 230 g/mol. The number of ether oxygens (including phenoxy) is 1. The van der Waals surface area contributed by atoms with Crippen molar-refractivity contribution in [3.05, 3.63) is 12.2 Å². The van der Waals surface area contributed by atoms with E-state index in [2.05, 4.69) is 6.08 Å². The van der Waals surface area contributed by atoms with Crippen LogP contribution in [0.5, 0.6) is 0 Å². The maximum absolute atomic E-state index is 11.7. The van der Waals surface area contributed by atoms with Gasteiger partial charge in [0.15, 0.2) is 0 Å². The van der Waals surface area contributed by atoms with E-state index in [9.17, 15) is 4.79 Å². The molecule has 0 aromatic heterocycles. The van der Waals surface area contributed by atoms with E-state index in [4.69, 9.17) is 4.74 Å². The summed E-state index contributed by atoms with van der Waals surface area (Å²) in [6.45, 7) is 5.76. The number of allylic oxidation sites excluding steroid dienone is 1. The summed E-state index contributed by atoms with van der Waals surface area (Å²) < 4.78 is 5.33. The van der Waals surface area contributed by atoms with Crippen LogP contribution in [-0.4, -0.2) is 11.6 Å². The van der Waals surface area contributed by atoms with Crippen molar-refractivity contribution in [2.75, 3.05) is 0 Å². The molecule has 0 N–H and O–H groups in total. The van der Waals surface area contributed by atoms with Crippen molar-refractivity contribution in [1.29, 1.82) is 0 Å². The Balaban J connectivity index is 1.32. The minimum Gasteiger partial charge on any atom is -0.457 e. The lowest BCUT2D eigenvalue weighted by Gasteiger charge is -3.07. The summed E-state index contributed by atoms with van der Waals surface area (Å²) in [6.07, 6.45) is 3.94. The van der Waals surface area contributed by atoms with Gasteiger partial charge in [-0.05, 0) is 67.6 Å². The summed E-state index contributed by atoms with van der Waals surface area (Å²) in [5.74, 6) is 7.16. The maximum Gasteiger partial charge on any atom is 0.330 e. The Bertz CT molecular complexity index is 431. The summed E-state index contributed by atoms with van der Waals surface area (Å²) in [5, 5.41) is 0. The van der Waals surface area contributed by atoms with Gasteiger partial charge in [0.25, 0.3) is 0 Å². The summed E-state index contributed by atoms with van der Waals surface area (Å²) in [4.78, 5) is 11.7. The van der Waals surface area contributed by atoms with E-state index in [1.807, 2.05) is 20.8 Å². The molecular formula is C15H18O2. The molecule has 0 atom stereocenters. The van der Waals surface area contributed by atoms with Gasteiger partial charge in [-0.25, -0.2) is 4.79 Å². The number of hydrogen-bond donors (Lipinski definition) is 0. The molecule has 0 spiro atoms. The molecule has 0 aliphatic heterocycles. The highest BCUT2D eigenvalue weighted by Gasteiger charge is 3.03. The molecule has 0 aromatic rings. The second-order valence-corrected chi connectivity index (χ2v) is 7.75. The number of carbonyl (C=O) groups excluding carboxylic acids is 1. The number of hydrogen-bond acceptors (Lipinski definition) is 2. The van der Waals surface area contributed by atoms with Crippen LogP contribution in [0.3, 0.4) is 0 Å². The fourth-order valence-corrected chi connectivity index (χ4v) is 6.40. The highest BCUT2D eigenvalue weighted by atomic mass is 16.6. The Morgan fingerprint density at radius 1 is 1.06 bits per heavy atom. The van der Waals surface area contributed by atoms with Crippen LogP contribution in [-0.2, 0) is 9.53 Å². The molecule has 6 saturated carbocycles. The highest BCUT2D eigenvalue weighted by molar-refractivity contribution is 5.82. The third-order valence-electron chi connectivity index (χ3n) is 6.47. The first-order chi connectivity index (χ1) is 7.97. The molecule has 6 fully saturated rings. The molecule has 6 aliphatic rings. The maximum atomic E-state index is 11.7. The van der Waals surface area contributed by atoms with Crippen LogP contribution in [0.4, 0.5) is 0 Å². The van der Waals surface area contributed by atoms with E-state index < -0.39 is 0 Å². The zero-order valence-corrected chi connectivity index (χ0v) is 10.5. The molecule has 0 bridgehead atoms. The molecule has 6 rings (SSSR count). The molecule has 0 unspecified atom stereocenters. The van der Waals surface area contributed by atoms with Crippen LogP contribution in [0.1, 0.15) is 20.8 Å². The molecule has 0 saturated heterocycles. The van der Waals surface area contributed by atoms with Gasteiger partial charge in [0, 0.05) is 6.08 Å². The predicted molar refractivity (Wildman–Crippen MR) is 61.8 cm³/mol. The van der Waals surface area contributed by atoms with E-state index >= 15 is 0 Å². The first kappa shape index (κ1) is 9.18. The fourth-order valence-electron chi connectivity index (χ4n) is 6.40. The quantitative estimate of drug-likeness (QED) is 0.537. The second kappa shape index (κ2) is 2.10. The van der Waals surface area contributed by atoms with Gasteiger partial charge in [-0.3, -0.25) is 0 Å². The van der Waals surface area contributed by atoms with Crippen LogP contribution in [0.2, 0.25) is 0 Å². The lowest BCUT2D eigenvalue weighted by atomic mass is 8.96. The van der Waals surface area contributed by atoms with Gasteiger partial charge in [-0.1, -0.05) is 6.08 Å². The first-order valence-electron chi connectivity index (χ1n) is 6.89. The minimum absolute atomic E-state index is 0.161. The standard InChI is InChI=1S/C15H18O2/c1-14(2,3)17-6(16)4-5-15-11-8-7-9(11)13(15)10(7)12(8)15/h4-5,7-13H,1-3H3/b5-4+. The van der Waals surface area contributed by atoms with Gasteiger partial charge < -0.3 is 4.74 Å². The molecule has 0 radical (unpaired) electrons. The van der Waals surface area contributed by atoms with Crippen molar-refractivity contribution in [2.24, 2.45) is 46.8 Å². The van der Waals surface area contributed by atoms with Crippen molar-refractivity contribution >= 4 is 5.97 Å². The Labute approximate surface area is 101 Å². The second-order valence-electron chi connectivity index (χ2n) is 7.75. The fraction of sp³-hybridized carbons (Fsp3) is 0.800. The Kier molecular flexibility index (Phi) is 1.14. The van der Waals surface area contributed by atoms with Crippen molar-refractivity contribution in [1.82, 2.24) is 0 Å². The van der Waals surface area contributed by atoms with Crippen LogP contribution >= 0.6 is 0 Å². The first-order valence-corrected chi connectivity index (χ1v) is 6.89. The van der Waals surface area contributed by atoms with Crippen LogP contribution in [0.15, 0.2) is 12.2 Å². The van der Waals surface area contributed by atoms with Gasteiger partial charge in [0.2, 0.25) is 0 Å². The van der Waals surface area contributed by atoms with Crippen LogP contribution in [0.25, 0.3) is 0 Å². The van der Waals surface area contributed by atoms with Gasteiger partial charge in [0.05, 0.1) is 0 Å². The normalized spacial score (nSPS) is 62.6. The largest absolute Gasteiger partial charge is 0.457 e. The van der Waals surface area contributed by atoms with Crippen molar-refractivity contribution in [2.45, 2.75) is 26.4 Å². The molecular weight excluding hydrogens is 212 g/mol. The number of carbonyl (C=O) groups is 1. The monoisotopic (exact) mass is 230 g/mol. The third kappa shape index (κ3) is 0.644. The molecule has 0 heterocycles. The van der Waals surface area contributed by atoms with Gasteiger partial charge in [-0.15, -0.1) is 0 Å². The van der Waals surface area contributed by atoms with Crippen molar-refractivity contribution < 1.29 is 9.53 Å². The smallest absolute Gasteiger partial charge is 0.330 e. The lowest BCUT2D eigenvalue weighted by Crippen LogP contribution is -3.04. The van der Waals surface area contributed by atoms with Crippen molar-refractivity contribution in [3.8, 4) is 0 Å². The molecule has 90 valence electrons. The van der Waals surface area contributed by atoms with E-state index in [0.717, 1.165) is 41.4 Å². The van der Waals surface area contributed by atoms with Crippen LogP contribution < -0.4 is 0 Å². The molecule has 0 amide bonds. The molecule has 2 nitrogen and oxygen atoms in total. The van der Waals surface area contributed by atoms with Gasteiger partial charge in [0.1, 0.15) is 5.60 Å². The number of rotatable bonds is 2. The van der Waals surface area contributed by atoms with E-state index in [-0.39, 0.29) is 11.6 Å². The zero-order chi connectivity index (χ0) is 11.7. The number of esters is 1. The molecule has 17 heavy (non-hydrogen) atoms. The van der Waals surface area contributed by atoms with E-state index in [1.165, 1.54) is 0 Å². The van der Waals surface area contributed by atoms with E-state index in [0.29, 0.717) is 5.41 Å². The van der Waals surface area contributed by atoms with Gasteiger partial charge >= 0.3 is 5.97 Å². The Hall–Kier alpha value is -0.790. The lowest BCUT2D eigenvalue weighted by molar-refractivity contribution is -0.599. The average Bonchev–Trinajstić information content (AvgIpc) is 2.25. The Morgan fingerprint density at radius 3 is 2.06 bits per heavy atom. The summed E-state index contributed by atoms with van der Waals surface area (Å²) in [5.41, 5.74) is 0.124. The topological polar surface area (TPSA) is 26.3 Å². The minimum atomic E-state index is -0.368. The third-order valence-corrected chi connectivity index (χ3v) is 6.47. The van der Waals surface area contributed by atoms with Gasteiger partial charge in [-0.2, -0.15) is 0 Å². The molecule has 2 heteroatoms. The zero-order valence-electron chi connectivity index (χ0n) is 10.5. The summed E-state index contributed by atoms with van der Waals surface area (Å²) in [6, 6.07) is 0. The Morgan fingerprint density at radius 2 is 1.59 bits per heavy atom. The highest BCUT2D eigenvalue weighted by Crippen LogP contribution is 3.06. The summed E-state index contributed by atoms with van der Waals surface area (Å²) in [7, 11) is 0. The summed E-state index contributed by atoms with van der Waals surface area (Å²) >= 11 is 0. The van der Waals surface area contributed by atoms with E-state index in [1.54, 1.807) is 6.08 Å². The van der Waals surface area contributed by atoms with Crippen LogP contribution in [0, 0.1) is 46.8 Å². The predicted octanol–water partition coefficient (Wildman–Crippen LogP) is 2.25. The molecule has 6 aliphatic carbocycles. The molecule has 0 aromatic carbocycles. The van der Waals surface area contributed by atoms with Crippen molar-refractivity contribution in [3.63, 3.8) is 0 Å².